The van der Waals surface area contributed by atoms with Crippen LogP contribution in [0.5, 0.6) is 0 Å². The number of carbonyl (C=O) groups is 2. The molecule has 0 aliphatic rings. The Balaban J connectivity index is 2.54. The molecule has 1 unspecified atom stereocenters. The molecule has 0 heterocycles. The quantitative estimate of drug-likeness (QED) is 0.383. The summed E-state index contributed by atoms with van der Waals surface area (Å²) in [6.45, 7) is 2.41. The first-order valence-electron chi connectivity index (χ1n) is 8.88. The molecule has 168 valence electrons. The molecular formula is C20H18F6N2O3. The fraction of sp³-hybridized carbons (Fsp3) is 0.300. The zero-order chi connectivity index (χ0) is 23.4. The Morgan fingerprint density at radius 3 is 2.16 bits per heavy atom. The van der Waals surface area contributed by atoms with E-state index >= 15 is 0 Å². The summed E-state index contributed by atoms with van der Waals surface area (Å²) in [7, 11) is 0. The summed E-state index contributed by atoms with van der Waals surface area (Å²) in [6.07, 6.45) is -10.2. The normalized spacial score (nSPS) is 13.8. The number of alkyl halides is 6. The molecule has 31 heavy (non-hydrogen) atoms. The maximum Gasteiger partial charge on any atom is 0.441 e. The third-order valence-electron chi connectivity index (χ3n) is 4.11. The van der Waals surface area contributed by atoms with Gasteiger partial charge in [-0.15, -0.1) is 0 Å². The number of halogens is 6. The molecular weight excluding hydrogens is 430 g/mol. The van der Waals surface area contributed by atoms with Gasteiger partial charge >= 0.3 is 24.0 Å². The predicted octanol–water partition coefficient (Wildman–Crippen LogP) is 4.68. The monoisotopic (exact) mass is 448 g/mol. The molecule has 5 nitrogen and oxygen atoms in total. The van der Waals surface area contributed by atoms with Crippen molar-refractivity contribution >= 4 is 17.6 Å². The van der Waals surface area contributed by atoms with Crippen molar-refractivity contribution in [3.05, 3.63) is 65.2 Å². The topological polar surface area (TPSA) is 67.4 Å². The van der Waals surface area contributed by atoms with Crippen molar-refractivity contribution in [1.29, 1.82) is 0 Å². The molecule has 0 bridgehead atoms. The highest BCUT2D eigenvalue weighted by Crippen LogP contribution is 2.34. The second kappa shape index (κ2) is 8.86. The van der Waals surface area contributed by atoms with E-state index in [1.165, 1.54) is 30.4 Å². The lowest BCUT2D eigenvalue weighted by molar-refractivity contribution is -0.204. The van der Waals surface area contributed by atoms with Crippen LogP contribution in [0.1, 0.15) is 28.4 Å². The van der Waals surface area contributed by atoms with Gasteiger partial charge in [0.25, 0.3) is 5.91 Å². The van der Waals surface area contributed by atoms with E-state index in [2.05, 4.69) is 4.74 Å². The number of aryl methyl sites for hydroxylation is 1. The van der Waals surface area contributed by atoms with E-state index in [4.69, 9.17) is 0 Å². The molecule has 2 aromatic carbocycles. The van der Waals surface area contributed by atoms with Gasteiger partial charge in [-0.25, -0.2) is 4.79 Å². The minimum atomic E-state index is -5.42. The Hall–Kier alpha value is -3.24. The summed E-state index contributed by atoms with van der Waals surface area (Å²) < 4.78 is 85.6. The van der Waals surface area contributed by atoms with E-state index in [0.717, 1.165) is 12.1 Å². The van der Waals surface area contributed by atoms with Crippen molar-refractivity contribution in [2.24, 2.45) is 0 Å². The van der Waals surface area contributed by atoms with E-state index in [1.807, 2.05) is 5.32 Å². The SMILES string of the molecule is CCOC(=O)C(NC(=O)c1cccc(C(F)(F)F)c1)(Nc1cccc(C)c1)C(F)(F)F. The van der Waals surface area contributed by atoms with Gasteiger partial charge < -0.3 is 15.4 Å². The molecule has 0 aromatic heterocycles. The number of nitrogens with one attached hydrogen (secondary N) is 2. The minimum absolute atomic E-state index is 0.172. The number of rotatable bonds is 6. The van der Waals surface area contributed by atoms with Crippen LogP contribution in [0, 0.1) is 6.92 Å². The van der Waals surface area contributed by atoms with Gasteiger partial charge in [-0.05, 0) is 49.7 Å². The van der Waals surface area contributed by atoms with Crippen LogP contribution in [-0.2, 0) is 15.7 Å². The highest BCUT2D eigenvalue weighted by molar-refractivity contribution is 5.99. The molecule has 0 saturated heterocycles. The van der Waals surface area contributed by atoms with Gasteiger partial charge in [0, 0.05) is 11.3 Å². The lowest BCUT2D eigenvalue weighted by Gasteiger charge is -2.35. The highest BCUT2D eigenvalue weighted by atomic mass is 19.4. The first kappa shape index (κ1) is 24.0. The fourth-order valence-electron chi connectivity index (χ4n) is 2.65. The van der Waals surface area contributed by atoms with Crippen LogP contribution in [0.4, 0.5) is 32.0 Å². The molecule has 0 aliphatic carbocycles. The summed E-state index contributed by atoms with van der Waals surface area (Å²) in [5.74, 6) is -3.43. The van der Waals surface area contributed by atoms with Gasteiger partial charge in [-0.1, -0.05) is 18.2 Å². The van der Waals surface area contributed by atoms with Crippen LogP contribution in [0.2, 0.25) is 0 Å². The predicted molar refractivity (Wildman–Crippen MR) is 99.1 cm³/mol. The van der Waals surface area contributed by atoms with Gasteiger partial charge in [0.05, 0.1) is 12.2 Å². The van der Waals surface area contributed by atoms with Gasteiger partial charge in [0.15, 0.2) is 0 Å². The van der Waals surface area contributed by atoms with Crippen LogP contribution in [0.15, 0.2) is 48.5 Å². The standard InChI is InChI=1S/C20H18F6N2O3/c1-3-31-17(30)18(20(24,25)26,27-15-9-4-6-12(2)10-15)28-16(29)13-7-5-8-14(11-13)19(21,22)23/h4-11,27H,3H2,1-2H3,(H,28,29). The second-order valence-electron chi connectivity index (χ2n) is 6.50. The van der Waals surface area contributed by atoms with E-state index in [-0.39, 0.29) is 5.69 Å². The summed E-state index contributed by atoms with van der Waals surface area (Å²) in [5, 5.41) is 3.45. The molecule has 0 aliphatic heterocycles. The Kier molecular flexibility index (Phi) is 6.87. The van der Waals surface area contributed by atoms with Crippen molar-refractivity contribution in [2.45, 2.75) is 31.9 Å². The molecule has 0 spiro atoms. The number of carbonyl (C=O) groups excluding carboxylic acids is 2. The molecule has 2 aromatic rings. The molecule has 11 heteroatoms. The van der Waals surface area contributed by atoms with E-state index in [1.54, 1.807) is 13.0 Å². The Morgan fingerprint density at radius 2 is 1.61 bits per heavy atom. The fourth-order valence-corrected chi connectivity index (χ4v) is 2.65. The number of benzene rings is 2. The smallest absolute Gasteiger partial charge is 0.441 e. The van der Waals surface area contributed by atoms with Crippen LogP contribution in [-0.4, -0.2) is 30.3 Å². The molecule has 0 fully saturated rings. The van der Waals surface area contributed by atoms with Crippen LogP contribution in [0.3, 0.4) is 0 Å². The van der Waals surface area contributed by atoms with E-state index in [0.29, 0.717) is 17.7 Å². The van der Waals surface area contributed by atoms with Crippen LogP contribution < -0.4 is 10.6 Å². The van der Waals surface area contributed by atoms with Gasteiger partial charge in [-0.2, -0.15) is 26.3 Å². The zero-order valence-corrected chi connectivity index (χ0v) is 16.3. The minimum Gasteiger partial charge on any atom is -0.463 e. The maximum absolute atomic E-state index is 14.1. The third-order valence-corrected chi connectivity index (χ3v) is 4.11. The summed E-state index contributed by atoms with van der Waals surface area (Å²) in [5.41, 5.74) is -5.33. The van der Waals surface area contributed by atoms with Crippen molar-refractivity contribution < 1.29 is 40.7 Å². The summed E-state index contributed by atoms with van der Waals surface area (Å²) in [6, 6.07) is 8.32. The average molecular weight is 448 g/mol. The second-order valence-corrected chi connectivity index (χ2v) is 6.50. The average Bonchev–Trinajstić information content (AvgIpc) is 2.66. The number of anilines is 1. The Morgan fingerprint density at radius 1 is 0.968 bits per heavy atom. The van der Waals surface area contributed by atoms with Gasteiger partial charge in [0.1, 0.15) is 0 Å². The van der Waals surface area contributed by atoms with E-state index in [9.17, 15) is 35.9 Å². The zero-order valence-electron chi connectivity index (χ0n) is 16.3. The number of esters is 1. The molecule has 2 rings (SSSR count). The van der Waals surface area contributed by atoms with Crippen LogP contribution >= 0.6 is 0 Å². The molecule has 2 N–H and O–H groups in total. The first-order chi connectivity index (χ1) is 14.3. The molecule has 0 radical (unpaired) electrons. The van der Waals surface area contributed by atoms with Gasteiger partial charge in [0.2, 0.25) is 0 Å². The van der Waals surface area contributed by atoms with Crippen LogP contribution in [0.25, 0.3) is 0 Å². The van der Waals surface area contributed by atoms with Gasteiger partial charge in [-0.3, -0.25) is 4.79 Å². The van der Waals surface area contributed by atoms with Crippen molar-refractivity contribution in [1.82, 2.24) is 5.32 Å². The first-order valence-corrected chi connectivity index (χ1v) is 8.88. The third kappa shape index (κ3) is 5.47. The molecule has 1 atom stereocenters. The Labute approximate surface area is 173 Å². The largest absolute Gasteiger partial charge is 0.463 e. The highest BCUT2D eigenvalue weighted by Gasteiger charge is 2.63. The number of amides is 1. The maximum atomic E-state index is 14.1. The van der Waals surface area contributed by atoms with Crippen molar-refractivity contribution in [2.75, 3.05) is 11.9 Å². The number of hydrogen-bond donors (Lipinski definition) is 2. The summed E-state index contributed by atoms with van der Waals surface area (Å²) in [4.78, 5) is 24.9. The lowest BCUT2D eigenvalue weighted by Crippen LogP contribution is -2.69. The van der Waals surface area contributed by atoms with E-state index < -0.39 is 47.6 Å². The number of ether oxygens (including phenoxy) is 1. The molecule has 1 amide bonds. The van der Waals surface area contributed by atoms with Crippen molar-refractivity contribution in [3.8, 4) is 0 Å². The van der Waals surface area contributed by atoms with Crippen molar-refractivity contribution in [3.63, 3.8) is 0 Å². The summed E-state index contributed by atoms with van der Waals surface area (Å²) >= 11 is 0. The Bertz CT molecular complexity index is 958. The lowest BCUT2D eigenvalue weighted by atomic mass is 10.1. The number of hydrogen-bond acceptors (Lipinski definition) is 4. The molecule has 0 saturated carbocycles.